The third kappa shape index (κ3) is 3.43. The summed E-state index contributed by atoms with van der Waals surface area (Å²) >= 11 is 0. The largest absolute Gasteiger partial charge is 0.371 e. The quantitative estimate of drug-likeness (QED) is 0.911. The fraction of sp³-hybridized carbons (Fsp3) is 0.600. The minimum Gasteiger partial charge on any atom is -0.371 e. The fourth-order valence-electron chi connectivity index (χ4n) is 3.96. The number of likely N-dealkylation sites (tertiary alicyclic amines) is 1. The van der Waals surface area contributed by atoms with Gasteiger partial charge in [-0.05, 0) is 43.2 Å². The maximum atomic E-state index is 12.2. The van der Waals surface area contributed by atoms with Gasteiger partial charge in [-0.15, -0.1) is 0 Å². The molecular weight excluding hydrogens is 316 g/mol. The SMILES string of the molecule is C[C@@H]1C[C@@H]1C(=O)N1CC2(CC[C@@H](CNC(=O)c3ccccc3)CO2)C1. The highest BCUT2D eigenvalue weighted by Gasteiger charge is 2.52. The van der Waals surface area contributed by atoms with E-state index in [0.717, 1.165) is 32.4 Å². The first-order chi connectivity index (χ1) is 12.1. The zero-order chi connectivity index (χ0) is 17.4. The lowest BCUT2D eigenvalue weighted by Gasteiger charge is -2.53. The third-order valence-corrected chi connectivity index (χ3v) is 5.92. The second-order valence-electron chi connectivity index (χ2n) is 7.99. The Morgan fingerprint density at radius 1 is 1.28 bits per heavy atom. The van der Waals surface area contributed by atoms with Crippen molar-refractivity contribution < 1.29 is 14.3 Å². The Bertz CT molecular complexity index is 644. The molecule has 4 rings (SSSR count). The van der Waals surface area contributed by atoms with Crippen molar-refractivity contribution in [2.75, 3.05) is 26.2 Å². The summed E-state index contributed by atoms with van der Waals surface area (Å²) in [5.74, 6) is 1.47. The summed E-state index contributed by atoms with van der Waals surface area (Å²) in [7, 11) is 0. The van der Waals surface area contributed by atoms with Crippen LogP contribution < -0.4 is 5.32 Å². The summed E-state index contributed by atoms with van der Waals surface area (Å²) < 4.78 is 6.11. The molecule has 1 aliphatic carbocycles. The van der Waals surface area contributed by atoms with Gasteiger partial charge in [0, 0.05) is 18.0 Å². The van der Waals surface area contributed by atoms with E-state index in [0.29, 0.717) is 36.5 Å². The zero-order valence-corrected chi connectivity index (χ0v) is 14.7. The fourth-order valence-corrected chi connectivity index (χ4v) is 3.96. The zero-order valence-electron chi connectivity index (χ0n) is 14.7. The highest BCUT2D eigenvalue weighted by molar-refractivity contribution is 5.94. The summed E-state index contributed by atoms with van der Waals surface area (Å²) in [6.07, 6.45) is 3.06. The van der Waals surface area contributed by atoms with Crippen LogP contribution in [-0.4, -0.2) is 48.6 Å². The van der Waals surface area contributed by atoms with Crippen LogP contribution in [0.3, 0.4) is 0 Å². The average molecular weight is 342 g/mol. The minimum absolute atomic E-state index is 0.0279. The Labute approximate surface area is 148 Å². The molecule has 2 aliphatic heterocycles. The standard InChI is InChI=1S/C20H26N2O3/c1-14-9-17(14)19(24)22-12-20(13-22)8-7-15(11-25-20)10-21-18(23)16-5-3-2-4-6-16/h2-6,14-15,17H,7-13H2,1H3,(H,21,23)/t14-,15+,17+/m1/s1. The topological polar surface area (TPSA) is 58.6 Å². The van der Waals surface area contributed by atoms with Gasteiger partial charge in [-0.25, -0.2) is 0 Å². The Morgan fingerprint density at radius 3 is 2.60 bits per heavy atom. The number of nitrogens with one attached hydrogen (secondary N) is 1. The second kappa shape index (κ2) is 6.45. The van der Waals surface area contributed by atoms with E-state index < -0.39 is 0 Å². The van der Waals surface area contributed by atoms with Gasteiger partial charge in [-0.3, -0.25) is 9.59 Å². The maximum absolute atomic E-state index is 12.2. The molecule has 1 saturated carbocycles. The van der Waals surface area contributed by atoms with Crippen LogP contribution in [0.4, 0.5) is 0 Å². The lowest BCUT2D eigenvalue weighted by atomic mass is 9.82. The number of carbonyl (C=O) groups excluding carboxylic acids is 2. The van der Waals surface area contributed by atoms with E-state index in [1.807, 2.05) is 35.2 Å². The van der Waals surface area contributed by atoms with Crippen LogP contribution in [0.5, 0.6) is 0 Å². The number of hydrogen-bond donors (Lipinski definition) is 1. The molecule has 5 nitrogen and oxygen atoms in total. The number of ether oxygens (including phenoxy) is 1. The summed E-state index contributed by atoms with van der Waals surface area (Å²) in [6, 6.07) is 9.29. The second-order valence-corrected chi connectivity index (χ2v) is 7.99. The molecule has 2 saturated heterocycles. The van der Waals surface area contributed by atoms with Gasteiger partial charge in [0.1, 0.15) is 5.60 Å². The molecule has 2 amide bonds. The van der Waals surface area contributed by atoms with E-state index in [1.54, 1.807) is 0 Å². The summed E-state index contributed by atoms with van der Waals surface area (Å²) in [4.78, 5) is 26.3. The van der Waals surface area contributed by atoms with E-state index in [9.17, 15) is 9.59 Å². The van der Waals surface area contributed by atoms with E-state index in [-0.39, 0.29) is 17.4 Å². The molecule has 0 radical (unpaired) electrons. The van der Waals surface area contributed by atoms with Gasteiger partial charge in [-0.1, -0.05) is 25.1 Å². The first-order valence-electron chi connectivity index (χ1n) is 9.32. The molecule has 3 aliphatic rings. The molecule has 3 fully saturated rings. The Kier molecular flexibility index (Phi) is 4.28. The van der Waals surface area contributed by atoms with Crippen molar-refractivity contribution in [2.45, 2.75) is 31.8 Å². The minimum atomic E-state index is -0.117. The van der Waals surface area contributed by atoms with Crippen molar-refractivity contribution in [3.05, 3.63) is 35.9 Å². The Morgan fingerprint density at radius 2 is 2.00 bits per heavy atom. The highest BCUT2D eigenvalue weighted by Crippen LogP contribution is 2.43. The van der Waals surface area contributed by atoms with Crippen LogP contribution in [0.1, 0.15) is 36.5 Å². The van der Waals surface area contributed by atoms with Crippen molar-refractivity contribution in [1.82, 2.24) is 10.2 Å². The monoisotopic (exact) mass is 342 g/mol. The van der Waals surface area contributed by atoms with Crippen molar-refractivity contribution in [1.29, 1.82) is 0 Å². The van der Waals surface area contributed by atoms with Crippen LogP contribution in [-0.2, 0) is 9.53 Å². The molecule has 0 aromatic heterocycles. The van der Waals surface area contributed by atoms with Gasteiger partial charge in [0.2, 0.25) is 5.91 Å². The predicted molar refractivity (Wildman–Crippen MR) is 94.0 cm³/mol. The van der Waals surface area contributed by atoms with Crippen molar-refractivity contribution >= 4 is 11.8 Å². The van der Waals surface area contributed by atoms with Gasteiger partial charge < -0.3 is 15.0 Å². The van der Waals surface area contributed by atoms with Gasteiger partial charge in [0.15, 0.2) is 0 Å². The lowest BCUT2D eigenvalue weighted by molar-refractivity contribution is -0.189. The molecule has 3 atom stereocenters. The van der Waals surface area contributed by atoms with Crippen LogP contribution in [0.25, 0.3) is 0 Å². The smallest absolute Gasteiger partial charge is 0.251 e. The first-order valence-corrected chi connectivity index (χ1v) is 9.32. The van der Waals surface area contributed by atoms with Crippen LogP contribution in [0.2, 0.25) is 0 Å². The van der Waals surface area contributed by atoms with Gasteiger partial charge in [0.25, 0.3) is 5.91 Å². The maximum Gasteiger partial charge on any atom is 0.251 e. The molecule has 25 heavy (non-hydrogen) atoms. The van der Waals surface area contributed by atoms with Gasteiger partial charge in [-0.2, -0.15) is 0 Å². The van der Waals surface area contributed by atoms with E-state index in [2.05, 4.69) is 12.2 Å². The predicted octanol–water partition coefficient (Wildman–Crippen LogP) is 2.08. The van der Waals surface area contributed by atoms with Crippen molar-refractivity contribution in [3.8, 4) is 0 Å². The molecule has 1 aromatic carbocycles. The molecule has 1 aromatic rings. The lowest BCUT2D eigenvalue weighted by Crippen LogP contribution is -2.66. The van der Waals surface area contributed by atoms with Crippen LogP contribution in [0.15, 0.2) is 30.3 Å². The summed E-state index contributed by atoms with van der Waals surface area (Å²) in [5.41, 5.74) is 0.575. The van der Waals surface area contributed by atoms with Crippen molar-refractivity contribution in [2.24, 2.45) is 17.8 Å². The molecule has 0 unspecified atom stereocenters. The number of rotatable bonds is 4. The summed E-state index contributed by atoms with van der Waals surface area (Å²) in [5, 5.41) is 3.00. The Balaban J connectivity index is 1.19. The number of hydrogen-bond acceptors (Lipinski definition) is 3. The molecule has 1 spiro atoms. The molecule has 2 heterocycles. The van der Waals surface area contributed by atoms with Gasteiger partial charge >= 0.3 is 0 Å². The molecule has 0 bridgehead atoms. The van der Waals surface area contributed by atoms with E-state index in [1.165, 1.54) is 0 Å². The normalized spacial score (nSPS) is 29.8. The number of benzene rings is 1. The highest BCUT2D eigenvalue weighted by atomic mass is 16.5. The van der Waals surface area contributed by atoms with Crippen LogP contribution >= 0.6 is 0 Å². The Hall–Kier alpha value is -1.88. The number of amides is 2. The molecular formula is C20H26N2O3. The number of carbonyl (C=O) groups is 2. The molecule has 5 heteroatoms. The third-order valence-electron chi connectivity index (χ3n) is 5.92. The average Bonchev–Trinajstić information content (AvgIpc) is 3.35. The number of nitrogens with zero attached hydrogens (tertiary/aromatic N) is 1. The van der Waals surface area contributed by atoms with E-state index >= 15 is 0 Å². The van der Waals surface area contributed by atoms with Crippen LogP contribution in [0, 0.1) is 17.8 Å². The van der Waals surface area contributed by atoms with Gasteiger partial charge in [0.05, 0.1) is 19.7 Å². The summed E-state index contributed by atoms with van der Waals surface area (Å²) in [6.45, 7) is 4.95. The van der Waals surface area contributed by atoms with Crippen molar-refractivity contribution in [3.63, 3.8) is 0 Å². The van der Waals surface area contributed by atoms with E-state index in [4.69, 9.17) is 4.74 Å². The molecule has 1 N–H and O–H groups in total. The molecule has 134 valence electrons. The first kappa shape index (κ1) is 16.6.